The van der Waals surface area contributed by atoms with Crippen molar-refractivity contribution < 1.29 is 4.42 Å². The molecule has 0 saturated carbocycles. The quantitative estimate of drug-likeness (QED) is 0.626. The van der Waals surface area contributed by atoms with Gasteiger partial charge in [-0.05, 0) is 24.3 Å². The lowest BCUT2D eigenvalue weighted by Crippen LogP contribution is -2.04. The van der Waals surface area contributed by atoms with Gasteiger partial charge in [-0.15, -0.1) is 16.9 Å². The molecule has 0 saturated heterocycles. The third-order valence-corrected chi connectivity index (χ3v) is 3.37. The average Bonchev–Trinajstić information content (AvgIpc) is 2.85. The standard InChI is InChI=1S/C11H13ClN4OS/c12-8-1-3-9(4-2-8)18-6-5-14-11-16-15-10(7-13)17-11/h1-4H,5-7,13H2,(H,14,16). The van der Waals surface area contributed by atoms with Crippen LogP contribution < -0.4 is 11.1 Å². The highest BCUT2D eigenvalue weighted by atomic mass is 35.5. The molecule has 0 aliphatic rings. The van der Waals surface area contributed by atoms with E-state index in [1.807, 2.05) is 24.3 Å². The SMILES string of the molecule is NCc1nnc(NCCSc2ccc(Cl)cc2)o1. The molecule has 18 heavy (non-hydrogen) atoms. The van der Waals surface area contributed by atoms with Gasteiger partial charge in [-0.3, -0.25) is 0 Å². The van der Waals surface area contributed by atoms with Crippen LogP contribution in [0, 0.1) is 0 Å². The summed E-state index contributed by atoms with van der Waals surface area (Å²) in [5, 5.41) is 11.4. The molecule has 0 unspecified atom stereocenters. The van der Waals surface area contributed by atoms with Gasteiger partial charge in [0.15, 0.2) is 0 Å². The smallest absolute Gasteiger partial charge is 0.315 e. The number of hydrogen-bond donors (Lipinski definition) is 2. The lowest BCUT2D eigenvalue weighted by molar-refractivity contribution is 0.508. The van der Waals surface area contributed by atoms with Crippen molar-refractivity contribution in [2.75, 3.05) is 17.6 Å². The molecule has 0 bridgehead atoms. The second kappa shape index (κ2) is 6.63. The van der Waals surface area contributed by atoms with E-state index < -0.39 is 0 Å². The highest BCUT2D eigenvalue weighted by Crippen LogP contribution is 2.20. The zero-order chi connectivity index (χ0) is 12.8. The molecule has 0 atom stereocenters. The molecule has 3 N–H and O–H groups in total. The van der Waals surface area contributed by atoms with Crippen LogP contribution in [0.5, 0.6) is 0 Å². The van der Waals surface area contributed by atoms with Gasteiger partial charge in [0.2, 0.25) is 5.89 Å². The molecule has 2 aromatic rings. The number of benzene rings is 1. The number of aromatic nitrogens is 2. The molecule has 0 fully saturated rings. The van der Waals surface area contributed by atoms with E-state index in [4.69, 9.17) is 21.8 Å². The molecule has 96 valence electrons. The second-order valence-corrected chi connectivity index (χ2v) is 5.04. The fourth-order valence-corrected chi connectivity index (χ4v) is 2.16. The van der Waals surface area contributed by atoms with Gasteiger partial charge in [-0.1, -0.05) is 16.7 Å². The van der Waals surface area contributed by atoms with Crippen LogP contribution in [0.1, 0.15) is 5.89 Å². The Balaban J connectivity index is 1.71. The number of nitrogens with two attached hydrogens (primary N) is 1. The van der Waals surface area contributed by atoms with Gasteiger partial charge in [0.25, 0.3) is 0 Å². The van der Waals surface area contributed by atoms with Crippen LogP contribution in [0.3, 0.4) is 0 Å². The summed E-state index contributed by atoms with van der Waals surface area (Å²) in [6.45, 7) is 0.994. The van der Waals surface area contributed by atoms with Crippen LogP contribution in [0.25, 0.3) is 0 Å². The first-order valence-electron chi connectivity index (χ1n) is 5.42. The van der Waals surface area contributed by atoms with E-state index in [9.17, 15) is 0 Å². The Hall–Kier alpha value is -1.24. The lowest BCUT2D eigenvalue weighted by Gasteiger charge is -2.02. The first-order valence-corrected chi connectivity index (χ1v) is 6.79. The molecule has 0 radical (unpaired) electrons. The van der Waals surface area contributed by atoms with Crippen molar-refractivity contribution in [3.05, 3.63) is 35.2 Å². The molecule has 7 heteroatoms. The molecule has 5 nitrogen and oxygen atoms in total. The fourth-order valence-electron chi connectivity index (χ4n) is 1.27. The molecule has 1 aromatic heterocycles. The van der Waals surface area contributed by atoms with Gasteiger partial charge in [-0.25, -0.2) is 0 Å². The number of rotatable bonds is 6. The van der Waals surface area contributed by atoms with Crippen LogP contribution in [0.4, 0.5) is 6.01 Å². The predicted molar refractivity (Wildman–Crippen MR) is 72.9 cm³/mol. The van der Waals surface area contributed by atoms with E-state index in [1.54, 1.807) is 11.8 Å². The molecule has 0 aliphatic heterocycles. The van der Waals surface area contributed by atoms with Gasteiger partial charge in [0, 0.05) is 22.2 Å². The number of halogens is 1. The zero-order valence-electron chi connectivity index (χ0n) is 9.60. The first-order chi connectivity index (χ1) is 8.78. The number of nitrogens with one attached hydrogen (secondary N) is 1. The van der Waals surface area contributed by atoms with Crippen LogP contribution >= 0.6 is 23.4 Å². The number of anilines is 1. The first kappa shape index (κ1) is 13.2. The lowest BCUT2D eigenvalue weighted by atomic mass is 10.4. The summed E-state index contributed by atoms with van der Waals surface area (Å²) in [6, 6.07) is 8.15. The Morgan fingerprint density at radius 1 is 1.28 bits per heavy atom. The Labute approximate surface area is 114 Å². The van der Waals surface area contributed by atoms with Crippen molar-refractivity contribution in [1.29, 1.82) is 0 Å². The van der Waals surface area contributed by atoms with E-state index in [1.165, 1.54) is 4.90 Å². The van der Waals surface area contributed by atoms with Crippen LogP contribution in [0.2, 0.25) is 5.02 Å². The van der Waals surface area contributed by atoms with Crippen molar-refractivity contribution in [3.63, 3.8) is 0 Å². The molecule has 1 aromatic carbocycles. The largest absolute Gasteiger partial charge is 0.407 e. The molecule has 0 amide bonds. The summed E-state index contributed by atoms with van der Waals surface area (Å²) in [5.74, 6) is 1.32. The Kier molecular flexibility index (Phi) is 4.86. The minimum atomic E-state index is 0.258. The van der Waals surface area contributed by atoms with Crippen molar-refractivity contribution in [1.82, 2.24) is 10.2 Å². The van der Waals surface area contributed by atoms with Crippen LogP contribution in [0.15, 0.2) is 33.6 Å². The van der Waals surface area contributed by atoms with Crippen LogP contribution in [-0.2, 0) is 6.54 Å². The zero-order valence-corrected chi connectivity index (χ0v) is 11.2. The van der Waals surface area contributed by atoms with E-state index in [2.05, 4.69) is 15.5 Å². The number of thioether (sulfide) groups is 1. The second-order valence-electron chi connectivity index (χ2n) is 3.43. The summed E-state index contributed by atoms with van der Waals surface area (Å²) in [6.07, 6.45) is 0. The van der Waals surface area contributed by atoms with Crippen molar-refractivity contribution in [2.45, 2.75) is 11.4 Å². The summed E-state index contributed by atoms with van der Waals surface area (Å²) < 4.78 is 5.22. The average molecular weight is 285 g/mol. The molecule has 0 spiro atoms. The third-order valence-electron chi connectivity index (χ3n) is 2.10. The van der Waals surface area contributed by atoms with Crippen molar-refractivity contribution in [2.24, 2.45) is 5.73 Å². The monoisotopic (exact) mass is 284 g/mol. The van der Waals surface area contributed by atoms with Gasteiger partial charge in [0.1, 0.15) is 0 Å². The van der Waals surface area contributed by atoms with Gasteiger partial charge in [0.05, 0.1) is 6.54 Å². The summed E-state index contributed by atoms with van der Waals surface area (Å²) in [5.41, 5.74) is 5.37. The number of hydrogen-bond acceptors (Lipinski definition) is 6. The van der Waals surface area contributed by atoms with Gasteiger partial charge < -0.3 is 15.5 Å². The van der Waals surface area contributed by atoms with Gasteiger partial charge in [-0.2, -0.15) is 0 Å². The van der Waals surface area contributed by atoms with E-state index >= 15 is 0 Å². The maximum Gasteiger partial charge on any atom is 0.315 e. The van der Waals surface area contributed by atoms with Crippen molar-refractivity contribution in [3.8, 4) is 0 Å². The summed E-state index contributed by atoms with van der Waals surface area (Å²) in [4.78, 5) is 1.18. The summed E-state index contributed by atoms with van der Waals surface area (Å²) in [7, 11) is 0. The van der Waals surface area contributed by atoms with Gasteiger partial charge >= 0.3 is 6.01 Å². The maximum atomic E-state index is 5.81. The summed E-state index contributed by atoms with van der Waals surface area (Å²) >= 11 is 7.53. The highest BCUT2D eigenvalue weighted by Gasteiger charge is 2.02. The maximum absolute atomic E-state index is 5.81. The van der Waals surface area contributed by atoms with Crippen LogP contribution in [-0.4, -0.2) is 22.5 Å². The number of nitrogens with zero attached hydrogens (tertiary/aromatic N) is 2. The van der Waals surface area contributed by atoms with Crippen molar-refractivity contribution >= 4 is 29.4 Å². The molecule has 2 rings (SSSR count). The minimum absolute atomic E-state index is 0.258. The molecule has 1 heterocycles. The van der Waals surface area contributed by atoms with E-state index in [0.717, 1.165) is 17.3 Å². The van der Waals surface area contributed by atoms with E-state index in [-0.39, 0.29) is 6.54 Å². The molecular weight excluding hydrogens is 272 g/mol. The third kappa shape index (κ3) is 3.90. The fraction of sp³-hybridized carbons (Fsp3) is 0.273. The topological polar surface area (TPSA) is 77.0 Å². The highest BCUT2D eigenvalue weighted by molar-refractivity contribution is 7.99. The molecular formula is C11H13ClN4OS. The minimum Gasteiger partial charge on any atom is -0.407 e. The predicted octanol–water partition coefficient (Wildman–Crippen LogP) is 2.39. The Morgan fingerprint density at radius 2 is 2.06 bits per heavy atom. The Bertz CT molecular complexity index is 488. The normalized spacial score (nSPS) is 10.6. The van der Waals surface area contributed by atoms with E-state index in [0.29, 0.717) is 11.9 Å². The Morgan fingerprint density at radius 3 is 2.72 bits per heavy atom. The molecule has 0 aliphatic carbocycles.